The van der Waals surface area contributed by atoms with Crippen LogP contribution in [-0.4, -0.2) is 23.8 Å². The Morgan fingerprint density at radius 2 is 1.71 bits per heavy atom. The third-order valence-corrected chi connectivity index (χ3v) is 5.11. The molecule has 0 saturated heterocycles. The Morgan fingerprint density at radius 1 is 1.10 bits per heavy atom. The van der Waals surface area contributed by atoms with Crippen LogP contribution in [0, 0.1) is 5.41 Å². The van der Waals surface area contributed by atoms with Gasteiger partial charge in [-0.3, -0.25) is 0 Å². The molecule has 0 bridgehead atoms. The van der Waals surface area contributed by atoms with Crippen molar-refractivity contribution in [2.24, 2.45) is 5.41 Å². The highest BCUT2D eigenvalue weighted by atomic mass is 16.3. The Morgan fingerprint density at radius 3 is 2.33 bits per heavy atom. The summed E-state index contributed by atoms with van der Waals surface area (Å²) >= 11 is 0. The lowest BCUT2D eigenvalue weighted by atomic mass is 9.71. The maximum absolute atomic E-state index is 10.6. The van der Waals surface area contributed by atoms with E-state index < -0.39 is 5.60 Å². The standard InChI is InChI=1S/C19H31NO/c1-16(17-7-5-4-6-8-17)9-14-20-15-19(21)12-10-18(2,3)11-13-19/h4-8,16,20-21H,9-15H2,1-3H3. The summed E-state index contributed by atoms with van der Waals surface area (Å²) in [7, 11) is 0. The van der Waals surface area contributed by atoms with Crippen molar-refractivity contribution in [3.05, 3.63) is 35.9 Å². The SMILES string of the molecule is CC(CCNCC1(O)CCC(C)(C)CC1)c1ccccc1. The van der Waals surface area contributed by atoms with E-state index in [1.165, 1.54) is 5.56 Å². The zero-order valence-corrected chi connectivity index (χ0v) is 13.9. The number of hydrogen-bond acceptors (Lipinski definition) is 2. The average molecular weight is 289 g/mol. The van der Waals surface area contributed by atoms with Crippen molar-refractivity contribution in [1.82, 2.24) is 5.32 Å². The minimum absolute atomic E-state index is 0.411. The van der Waals surface area contributed by atoms with E-state index in [9.17, 15) is 5.11 Å². The molecule has 0 aromatic heterocycles. The smallest absolute Gasteiger partial charge is 0.0772 e. The number of benzene rings is 1. The number of nitrogens with one attached hydrogen (secondary N) is 1. The van der Waals surface area contributed by atoms with Crippen molar-refractivity contribution in [2.75, 3.05) is 13.1 Å². The zero-order chi connectivity index (χ0) is 15.3. The normalized spacial score (nSPS) is 21.9. The summed E-state index contributed by atoms with van der Waals surface area (Å²) < 4.78 is 0. The van der Waals surface area contributed by atoms with Crippen LogP contribution in [-0.2, 0) is 0 Å². The maximum atomic E-state index is 10.6. The minimum atomic E-state index is -0.481. The molecule has 2 rings (SSSR count). The van der Waals surface area contributed by atoms with E-state index in [0.717, 1.165) is 45.2 Å². The monoisotopic (exact) mass is 289 g/mol. The minimum Gasteiger partial charge on any atom is -0.389 e. The van der Waals surface area contributed by atoms with Gasteiger partial charge in [0.05, 0.1) is 5.60 Å². The fourth-order valence-corrected chi connectivity index (χ4v) is 3.16. The zero-order valence-electron chi connectivity index (χ0n) is 13.9. The van der Waals surface area contributed by atoms with Gasteiger partial charge in [0.1, 0.15) is 0 Å². The van der Waals surface area contributed by atoms with Crippen LogP contribution in [0.2, 0.25) is 0 Å². The lowest BCUT2D eigenvalue weighted by Gasteiger charge is -2.40. The van der Waals surface area contributed by atoms with Crippen molar-refractivity contribution >= 4 is 0 Å². The fourth-order valence-electron chi connectivity index (χ4n) is 3.16. The van der Waals surface area contributed by atoms with Crippen molar-refractivity contribution in [3.63, 3.8) is 0 Å². The quantitative estimate of drug-likeness (QED) is 0.773. The van der Waals surface area contributed by atoms with Gasteiger partial charge < -0.3 is 10.4 Å². The molecule has 0 heterocycles. The van der Waals surface area contributed by atoms with Crippen molar-refractivity contribution in [1.29, 1.82) is 0 Å². The first-order chi connectivity index (χ1) is 9.90. The largest absolute Gasteiger partial charge is 0.389 e. The van der Waals surface area contributed by atoms with Crippen molar-refractivity contribution in [3.8, 4) is 0 Å². The molecule has 1 saturated carbocycles. The highest BCUT2D eigenvalue weighted by Gasteiger charge is 2.36. The van der Waals surface area contributed by atoms with Crippen LogP contribution in [0.4, 0.5) is 0 Å². The fraction of sp³-hybridized carbons (Fsp3) is 0.684. The number of aliphatic hydroxyl groups is 1. The van der Waals surface area contributed by atoms with Crippen LogP contribution in [0.25, 0.3) is 0 Å². The van der Waals surface area contributed by atoms with Gasteiger partial charge in [0.2, 0.25) is 0 Å². The molecule has 21 heavy (non-hydrogen) atoms. The third kappa shape index (κ3) is 5.12. The van der Waals surface area contributed by atoms with Gasteiger partial charge in [0.15, 0.2) is 0 Å². The van der Waals surface area contributed by atoms with Crippen LogP contribution in [0.15, 0.2) is 30.3 Å². The van der Waals surface area contributed by atoms with Crippen molar-refractivity contribution in [2.45, 2.75) is 64.4 Å². The molecule has 1 aromatic carbocycles. The Bertz CT molecular complexity index is 416. The second-order valence-electron chi connectivity index (χ2n) is 7.67. The summed E-state index contributed by atoms with van der Waals surface area (Å²) in [5, 5.41) is 14.1. The van der Waals surface area contributed by atoms with E-state index in [2.05, 4.69) is 56.4 Å². The van der Waals surface area contributed by atoms with Gasteiger partial charge in [-0.1, -0.05) is 51.1 Å². The average Bonchev–Trinajstić information content (AvgIpc) is 2.48. The van der Waals surface area contributed by atoms with Gasteiger partial charge >= 0.3 is 0 Å². The van der Waals surface area contributed by atoms with E-state index >= 15 is 0 Å². The van der Waals surface area contributed by atoms with E-state index in [-0.39, 0.29) is 0 Å². The first kappa shape index (κ1) is 16.5. The van der Waals surface area contributed by atoms with Crippen LogP contribution in [0.3, 0.4) is 0 Å². The molecule has 1 atom stereocenters. The van der Waals surface area contributed by atoms with Crippen LogP contribution < -0.4 is 5.32 Å². The molecule has 2 heteroatoms. The summed E-state index contributed by atoms with van der Waals surface area (Å²) in [5.41, 5.74) is 1.33. The Labute approximate surface area is 130 Å². The summed E-state index contributed by atoms with van der Waals surface area (Å²) in [5.74, 6) is 0.568. The molecule has 1 unspecified atom stereocenters. The first-order valence-corrected chi connectivity index (χ1v) is 8.38. The number of rotatable bonds is 6. The van der Waals surface area contributed by atoms with E-state index in [1.807, 2.05) is 0 Å². The molecule has 1 aromatic rings. The lowest BCUT2D eigenvalue weighted by molar-refractivity contribution is -0.0242. The topological polar surface area (TPSA) is 32.3 Å². The van der Waals surface area contributed by atoms with Crippen LogP contribution >= 0.6 is 0 Å². The summed E-state index contributed by atoms with van der Waals surface area (Å²) in [4.78, 5) is 0. The van der Waals surface area contributed by atoms with E-state index in [0.29, 0.717) is 11.3 Å². The van der Waals surface area contributed by atoms with E-state index in [1.54, 1.807) is 0 Å². The molecule has 0 aliphatic heterocycles. The third-order valence-electron chi connectivity index (χ3n) is 5.11. The first-order valence-electron chi connectivity index (χ1n) is 8.38. The molecule has 2 nitrogen and oxygen atoms in total. The lowest BCUT2D eigenvalue weighted by Crippen LogP contribution is -2.45. The summed E-state index contributed by atoms with van der Waals surface area (Å²) in [6, 6.07) is 10.7. The second kappa shape index (κ2) is 6.93. The molecule has 118 valence electrons. The van der Waals surface area contributed by atoms with Crippen LogP contribution in [0.5, 0.6) is 0 Å². The molecule has 1 aliphatic rings. The number of hydrogen-bond donors (Lipinski definition) is 2. The van der Waals surface area contributed by atoms with Gasteiger partial charge in [-0.05, 0) is 55.5 Å². The molecular formula is C19H31NO. The molecule has 0 spiro atoms. The Kier molecular flexibility index (Phi) is 5.45. The Balaban J connectivity index is 1.68. The van der Waals surface area contributed by atoms with Gasteiger partial charge in [0, 0.05) is 6.54 Å². The second-order valence-corrected chi connectivity index (χ2v) is 7.67. The summed E-state index contributed by atoms with van der Waals surface area (Å²) in [6.07, 6.45) is 5.24. The van der Waals surface area contributed by atoms with Gasteiger partial charge in [-0.2, -0.15) is 0 Å². The molecule has 2 N–H and O–H groups in total. The van der Waals surface area contributed by atoms with Crippen LogP contribution in [0.1, 0.15) is 64.4 Å². The van der Waals surface area contributed by atoms with E-state index in [4.69, 9.17) is 0 Å². The Hall–Kier alpha value is -0.860. The molecule has 0 amide bonds. The van der Waals surface area contributed by atoms with Crippen molar-refractivity contribution < 1.29 is 5.11 Å². The highest BCUT2D eigenvalue weighted by Crippen LogP contribution is 2.39. The maximum Gasteiger partial charge on any atom is 0.0772 e. The molecule has 0 radical (unpaired) electrons. The van der Waals surface area contributed by atoms with Gasteiger partial charge in [0.25, 0.3) is 0 Å². The van der Waals surface area contributed by atoms with Gasteiger partial charge in [-0.25, -0.2) is 0 Å². The van der Waals surface area contributed by atoms with Gasteiger partial charge in [-0.15, -0.1) is 0 Å². The summed E-state index contributed by atoms with van der Waals surface area (Å²) in [6.45, 7) is 8.60. The molecular weight excluding hydrogens is 258 g/mol. The predicted molar refractivity (Wildman–Crippen MR) is 89.5 cm³/mol. The molecule has 1 aliphatic carbocycles. The highest BCUT2D eigenvalue weighted by molar-refractivity contribution is 5.18. The molecule has 1 fully saturated rings. The predicted octanol–water partition coefficient (Wildman–Crippen LogP) is 4.10.